The molecule has 0 aromatic carbocycles. The monoisotopic (exact) mass is 376 g/mol. The van der Waals surface area contributed by atoms with Gasteiger partial charge in [0.25, 0.3) is 5.56 Å². The SMILES string of the molecule is CC(C)NC(=O)CN(C)[C@H](C)c1nc2sc3c(c2c(=O)[nH]1)CC[C@H](C)C3. The molecular weight excluding hydrogens is 348 g/mol. The first-order valence-electron chi connectivity index (χ1n) is 9.30. The third kappa shape index (κ3) is 3.83. The van der Waals surface area contributed by atoms with Crippen molar-refractivity contribution < 1.29 is 4.79 Å². The largest absolute Gasteiger partial charge is 0.353 e. The summed E-state index contributed by atoms with van der Waals surface area (Å²) in [4.78, 5) is 36.5. The first kappa shape index (κ1) is 19.0. The van der Waals surface area contributed by atoms with E-state index in [0.29, 0.717) is 11.7 Å². The van der Waals surface area contributed by atoms with E-state index in [1.165, 1.54) is 10.4 Å². The number of aromatic nitrogens is 2. The van der Waals surface area contributed by atoms with Crippen molar-refractivity contribution in [1.82, 2.24) is 20.2 Å². The lowest BCUT2D eigenvalue weighted by Crippen LogP contribution is -2.39. The van der Waals surface area contributed by atoms with Gasteiger partial charge in [0.15, 0.2) is 0 Å². The number of thiophene rings is 1. The van der Waals surface area contributed by atoms with Gasteiger partial charge in [0.1, 0.15) is 10.7 Å². The molecule has 2 heterocycles. The van der Waals surface area contributed by atoms with Gasteiger partial charge in [-0.3, -0.25) is 14.5 Å². The Kier molecular flexibility index (Phi) is 5.48. The zero-order valence-corrected chi connectivity index (χ0v) is 17.0. The lowest BCUT2D eigenvalue weighted by Gasteiger charge is -2.23. The van der Waals surface area contributed by atoms with Crippen LogP contribution in [0.15, 0.2) is 4.79 Å². The van der Waals surface area contributed by atoms with Gasteiger partial charge in [0.2, 0.25) is 5.91 Å². The van der Waals surface area contributed by atoms with Crippen LogP contribution in [0.3, 0.4) is 0 Å². The Bertz CT molecular complexity index is 870. The second-order valence-electron chi connectivity index (χ2n) is 7.80. The molecule has 0 fully saturated rings. The number of carbonyl (C=O) groups excluding carboxylic acids is 1. The molecule has 0 unspecified atom stereocenters. The summed E-state index contributed by atoms with van der Waals surface area (Å²) in [6, 6.07) is -0.0385. The molecule has 0 radical (unpaired) electrons. The summed E-state index contributed by atoms with van der Waals surface area (Å²) < 4.78 is 0. The normalized spacial score (nSPS) is 18.3. The molecule has 2 aromatic heterocycles. The second kappa shape index (κ2) is 7.48. The molecule has 26 heavy (non-hydrogen) atoms. The molecule has 2 aromatic rings. The van der Waals surface area contributed by atoms with Crippen LogP contribution in [0.4, 0.5) is 0 Å². The number of fused-ring (bicyclic) bond motifs is 3. The van der Waals surface area contributed by atoms with E-state index in [9.17, 15) is 9.59 Å². The van der Waals surface area contributed by atoms with Crippen molar-refractivity contribution in [2.45, 2.75) is 59.0 Å². The fourth-order valence-electron chi connectivity index (χ4n) is 3.50. The molecular formula is C19H28N4O2S. The Labute approximate surface area is 158 Å². The highest BCUT2D eigenvalue weighted by molar-refractivity contribution is 7.18. The average Bonchev–Trinajstić information content (AvgIpc) is 2.90. The Balaban J connectivity index is 1.86. The summed E-state index contributed by atoms with van der Waals surface area (Å²) in [7, 11) is 1.87. The Morgan fingerprint density at radius 1 is 1.42 bits per heavy atom. The number of aryl methyl sites for hydroxylation is 1. The van der Waals surface area contributed by atoms with Crippen LogP contribution in [-0.4, -0.2) is 40.4 Å². The standard InChI is InChI=1S/C19H28N4O2S/c1-10(2)20-15(24)9-23(5)12(4)17-21-18(25)16-13-7-6-11(3)8-14(13)26-19(16)22-17/h10-12H,6-9H2,1-5H3,(H,20,24)(H,21,22,25)/t11-,12+/m0/s1. The molecule has 1 aliphatic carbocycles. The number of rotatable bonds is 5. The summed E-state index contributed by atoms with van der Waals surface area (Å²) in [6.07, 6.45) is 3.13. The van der Waals surface area contributed by atoms with Crippen molar-refractivity contribution in [2.24, 2.45) is 5.92 Å². The number of H-pyrrole nitrogens is 1. The second-order valence-corrected chi connectivity index (χ2v) is 8.88. The average molecular weight is 377 g/mol. The maximum Gasteiger partial charge on any atom is 0.259 e. The lowest BCUT2D eigenvalue weighted by molar-refractivity contribution is -0.122. The van der Waals surface area contributed by atoms with Crippen LogP contribution in [0.2, 0.25) is 0 Å². The van der Waals surface area contributed by atoms with E-state index < -0.39 is 0 Å². The molecule has 142 valence electrons. The predicted molar refractivity (Wildman–Crippen MR) is 106 cm³/mol. The van der Waals surface area contributed by atoms with Crippen molar-refractivity contribution in [3.05, 3.63) is 26.6 Å². The third-order valence-electron chi connectivity index (χ3n) is 5.08. The molecule has 0 bridgehead atoms. The van der Waals surface area contributed by atoms with Crippen molar-refractivity contribution in [3.8, 4) is 0 Å². The number of carbonyl (C=O) groups is 1. The molecule has 3 rings (SSSR count). The molecule has 0 saturated heterocycles. The van der Waals surface area contributed by atoms with Crippen LogP contribution < -0.4 is 10.9 Å². The summed E-state index contributed by atoms with van der Waals surface area (Å²) in [5.74, 6) is 1.26. The Morgan fingerprint density at radius 2 is 2.15 bits per heavy atom. The molecule has 2 N–H and O–H groups in total. The van der Waals surface area contributed by atoms with Gasteiger partial charge in [-0.25, -0.2) is 4.98 Å². The first-order chi connectivity index (χ1) is 12.3. The number of aromatic amines is 1. The van der Waals surface area contributed by atoms with Gasteiger partial charge in [0, 0.05) is 10.9 Å². The van der Waals surface area contributed by atoms with Crippen molar-refractivity contribution in [1.29, 1.82) is 0 Å². The summed E-state index contributed by atoms with van der Waals surface area (Å²) in [5, 5.41) is 3.66. The fraction of sp³-hybridized carbons (Fsp3) is 0.632. The number of hydrogen-bond donors (Lipinski definition) is 2. The van der Waals surface area contributed by atoms with E-state index in [2.05, 4.69) is 17.2 Å². The van der Waals surface area contributed by atoms with Crippen LogP contribution in [0, 0.1) is 5.92 Å². The minimum Gasteiger partial charge on any atom is -0.353 e. The van der Waals surface area contributed by atoms with Crippen LogP contribution >= 0.6 is 11.3 Å². The minimum atomic E-state index is -0.150. The molecule has 0 spiro atoms. The minimum absolute atomic E-state index is 0.0293. The van der Waals surface area contributed by atoms with Gasteiger partial charge in [-0.1, -0.05) is 6.92 Å². The highest BCUT2D eigenvalue weighted by Crippen LogP contribution is 2.35. The highest BCUT2D eigenvalue weighted by atomic mass is 32.1. The van der Waals surface area contributed by atoms with Crippen LogP contribution in [-0.2, 0) is 17.6 Å². The quantitative estimate of drug-likeness (QED) is 0.841. The van der Waals surface area contributed by atoms with Gasteiger partial charge < -0.3 is 10.3 Å². The number of nitrogens with zero attached hydrogens (tertiary/aromatic N) is 2. The molecule has 7 heteroatoms. The zero-order valence-electron chi connectivity index (χ0n) is 16.2. The Hall–Kier alpha value is -1.73. The van der Waals surface area contributed by atoms with Crippen LogP contribution in [0.1, 0.15) is 56.4 Å². The molecule has 6 nitrogen and oxygen atoms in total. The highest BCUT2D eigenvalue weighted by Gasteiger charge is 2.24. The van der Waals surface area contributed by atoms with E-state index in [1.807, 2.05) is 32.7 Å². The van der Waals surface area contributed by atoms with Crippen molar-refractivity contribution in [3.63, 3.8) is 0 Å². The van der Waals surface area contributed by atoms with E-state index in [0.717, 1.165) is 29.5 Å². The van der Waals surface area contributed by atoms with Crippen LogP contribution in [0.5, 0.6) is 0 Å². The lowest BCUT2D eigenvalue weighted by atomic mass is 9.89. The summed E-state index contributed by atoms with van der Waals surface area (Å²) in [6.45, 7) is 8.36. The first-order valence-corrected chi connectivity index (χ1v) is 10.1. The fourth-order valence-corrected chi connectivity index (χ4v) is 4.89. The van der Waals surface area contributed by atoms with Crippen LogP contribution in [0.25, 0.3) is 10.2 Å². The molecule has 0 aliphatic heterocycles. The number of likely N-dealkylation sites (N-methyl/N-ethyl adjacent to an activating group) is 1. The van der Waals surface area contributed by atoms with E-state index in [4.69, 9.17) is 4.98 Å². The number of hydrogen-bond acceptors (Lipinski definition) is 5. The predicted octanol–water partition coefficient (Wildman–Crippen LogP) is 2.63. The molecule has 1 aliphatic rings. The Morgan fingerprint density at radius 3 is 2.85 bits per heavy atom. The van der Waals surface area contributed by atoms with Gasteiger partial charge in [-0.15, -0.1) is 11.3 Å². The zero-order chi connectivity index (χ0) is 19.0. The van der Waals surface area contributed by atoms with Gasteiger partial charge in [-0.2, -0.15) is 0 Å². The summed E-state index contributed by atoms with van der Waals surface area (Å²) >= 11 is 1.65. The van der Waals surface area contributed by atoms with E-state index in [-0.39, 0.29) is 30.1 Å². The molecule has 0 saturated carbocycles. The number of nitrogens with one attached hydrogen (secondary N) is 2. The summed E-state index contributed by atoms with van der Waals surface area (Å²) in [5.41, 5.74) is 1.14. The third-order valence-corrected chi connectivity index (χ3v) is 6.23. The molecule has 1 amide bonds. The van der Waals surface area contributed by atoms with Crippen molar-refractivity contribution in [2.75, 3.05) is 13.6 Å². The van der Waals surface area contributed by atoms with E-state index in [1.54, 1.807) is 11.3 Å². The number of amides is 1. The topological polar surface area (TPSA) is 78.1 Å². The molecule has 2 atom stereocenters. The smallest absolute Gasteiger partial charge is 0.259 e. The van der Waals surface area contributed by atoms with Gasteiger partial charge >= 0.3 is 0 Å². The van der Waals surface area contributed by atoms with E-state index >= 15 is 0 Å². The van der Waals surface area contributed by atoms with Crippen molar-refractivity contribution >= 4 is 27.5 Å². The maximum atomic E-state index is 12.7. The van der Waals surface area contributed by atoms with Gasteiger partial charge in [-0.05, 0) is 58.6 Å². The van der Waals surface area contributed by atoms with Gasteiger partial charge in [0.05, 0.1) is 18.0 Å². The maximum absolute atomic E-state index is 12.7.